The molecule has 13 heavy (non-hydrogen) atoms. The summed E-state index contributed by atoms with van der Waals surface area (Å²) < 4.78 is 0. The van der Waals surface area contributed by atoms with Gasteiger partial charge in [-0.25, -0.2) is 5.43 Å². The standard InChI is InChI=1S/C6H13N3O4/c7-1-2-8-9-4(6(12)13)3-5(10)11/h4,8-9H,1-3,7H2,(H,10,11)(H,12,13)/t4-/m0/s1. The number of carbonyl (C=O) groups is 2. The minimum Gasteiger partial charge on any atom is -0.481 e. The summed E-state index contributed by atoms with van der Waals surface area (Å²) in [5.74, 6) is -2.39. The predicted molar refractivity (Wildman–Crippen MR) is 43.9 cm³/mol. The molecule has 0 spiro atoms. The Kier molecular flexibility index (Phi) is 5.77. The second-order valence-electron chi connectivity index (χ2n) is 2.35. The van der Waals surface area contributed by atoms with Gasteiger partial charge in [0.15, 0.2) is 0 Å². The molecule has 0 saturated carbocycles. The van der Waals surface area contributed by atoms with Gasteiger partial charge in [0, 0.05) is 13.1 Å². The molecule has 0 aliphatic carbocycles. The van der Waals surface area contributed by atoms with Gasteiger partial charge in [-0.3, -0.25) is 15.0 Å². The fourth-order valence-electron chi connectivity index (χ4n) is 0.642. The average molecular weight is 191 g/mol. The first-order chi connectivity index (χ1) is 6.07. The van der Waals surface area contributed by atoms with Crippen LogP contribution in [0.4, 0.5) is 0 Å². The van der Waals surface area contributed by atoms with E-state index in [9.17, 15) is 9.59 Å². The Bertz CT molecular complexity index is 185. The van der Waals surface area contributed by atoms with Crippen LogP contribution in [0.1, 0.15) is 6.42 Å². The predicted octanol–water partition coefficient (Wildman–Crippen LogP) is -2.03. The maximum absolute atomic E-state index is 10.4. The lowest BCUT2D eigenvalue weighted by atomic mass is 10.2. The molecule has 0 heterocycles. The zero-order valence-corrected chi connectivity index (χ0v) is 6.99. The highest BCUT2D eigenvalue weighted by atomic mass is 16.4. The molecule has 0 amide bonds. The van der Waals surface area contributed by atoms with Gasteiger partial charge in [0.2, 0.25) is 0 Å². The number of carboxylic acids is 2. The van der Waals surface area contributed by atoms with E-state index in [1.807, 2.05) is 0 Å². The SMILES string of the molecule is NCCNN[C@@H](CC(=O)O)C(=O)O. The summed E-state index contributed by atoms with van der Waals surface area (Å²) in [5.41, 5.74) is 9.97. The van der Waals surface area contributed by atoms with Crippen LogP contribution in [0.5, 0.6) is 0 Å². The van der Waals surface area contributed by atoms with E-state index in [4.69, 9.17) is 15.9 Å². The molecule has 7 heteroatoms. The van der Waals surface area contributed by atoms with Gasteiger partial charge in [-0.05, 0) is 0 Å². The Morgan fingerprint density at radius 2 is 2.00 bits per heavy atom. The Hall–Kier alpha value is -1.18. The van der Waals surface area contributed by atoms with Crippen LogP contribution in [-0.4, -0.2) is 41.3 Å². The van der Waals surface area contributed by atoms with Gasteiger partial charge in [-0.15, -0.1) is 0 Å². The number of hydrazine groups is 1. The van der Waals surface area contributed by atoms with Crippen LogP contribution in [0.2, 0.25) is 0 Å². The fourth-order valence-corrected chi connectivity index (χ4v) is 0.642. The van der Waals surface area contributed by atoms with Gasteiger partial charge in [0.1, 0.15) is 6.04 Å². The number of nitrogens with one attached hydrogen (secondary N) is 2. The van der Waals surface area contributed by atoms with E-state index in [-0.39, 0.29) is 0 Å². The Balaban J connectivity index is 3.81. The Morgan fingerprint density at radius 3 is 2.38 bits per heavy atom. The minimum absolute atomic E-state index is 0.340. The average Bonchev–Trinajstić information content (AvgIpc) is 2.02. The second kappa shape index (κ2) is 6.35. The van der Waals surface area contributed by atoms with Crippen LogP contribution in [-0.2, 0) is 9.59 Å². The molecule has 1 atom stereocenters. The third-order valence-corrected chi connectivity index (χ3v) is 1.22. The van der Waals surface area contributed by atoms with Crippen molar-refractivity contribution in [1.29, 1.82) is 0 Å². The molecule has 0 unspecified atom stereocenters. The minimum atomic E-state index is -1.22. The van der Waals surface area contributed by atoms with E-state index in [1.165, 1.54) is 0 Å². The zero-order valence-electron chi connectivity index (χ0n) is 6.99. The summed E-state index contributed by atoms with van der Waals surface area (Å²) in [6, 6.07) is -1.14. The molecule has 0 aromatic rings. The van der Waals surface area contributed by atoms with Crippen molar-refractivity contribution < 1.29 is 19.8 Å². The molecule has 0 fully saturated rings. The molecule has 0 bridgehead atoms. The maximum atomic E-state index is 10.4. The first-order valence-electron chi connectivity index (χ1n) is 3.71. The van der Waals surface area contributed by atoms with Gasteiger partial charge in [0.25, 0.3) is 0 Å². The summed E-state index contributed by atoms with van der Waals surface area (Å²) in [5, 5.41) is 16.9. The smallest absolute Gasteiger partial charge is 0.322 e. The highest BCUT2D eigenvalue weighted by Crippen LogP contribution is 1.90. The fraction of sp³-hybridized carbons (Fsp3) is 0.667. The summed E-state index contributed by atoms with van der Waals surface area (Å²) in [6.45, 7) is 0.718. The van der Waals surface area contributed by atoms with Crippen molar-refractivity contribution in [3.63, 3.8) is 0 Å². The second-order valence-corrected chi connectivity index (χ2v) is 2.35. The Labute approximate surface area is 74.9 Å². The van der Waals surface area contributed by atoms with E-state index in [1.54, 1.807) is 0 Å². The molecule has 0 aromatic heterocycles. The molecule has 7 nitrogen and oxygen atoms in total. The van der Waals surface area contributed by atoms with Gasteiger partial charge in [0.05, 0.1) is 6.42 Å². The Morgan fingerprint density at radius 1 is 1.38 bits per heavy atom. The lowest BCUT2D eigenvalue weighted by Gasteiger charge is -2.12. The van der Waals surface area contributed by atoms with E-state index < -0.39 is 24.4 Å². The molecular weight excluding hydrogens is 178 g/mol. The van der Waals surface area contributed by atoms with Crippen molar-refractivity contribution >= 4 is 11.9 Å². The lowest BCUT2D eigenvalue weighted by Crippen LogP contribution is -2.48. The molecule has 76 valence electrons. The van der Waals surface area contributed by atoms with Crippen LogP contribution in [0.3, 0.4) is 0 Å². The molecule has 0 saturated heterocycles. The summed E-state index contributed by atoms with van der Waals surface area (Å²) in [4.78, 5) is 20.6. The molecule has 0 radical (unpaired) electrons. The lowest BCUT2D eigenvalue weighted by molar-refractivity contribution is -0.146. The maximum Gasteiger partial charge on any atom is 0.322 e. The normalized spacial score (nSPS) is 12.4. The number of rotatable bonds is 7. The van der Waals surface area contributed by atoms with E-state index in [0.717, 1.165) is 0 Å². The number of nitrogens with two attached hydrogens (primary N) is 1. The molecule has 0 aliphatic heterocycles. The third kappa shape index (κ3) is 6.02. The van der Waals surface area contributed by atoms with Crippen molar-refractivity contribution in [2.45, 2.75) is 12.5 Å². The highest BCUT2D eigenvalue weighted by molar-refractivity contribution is 5.80. The summed E-state index contributed by atoms with van der Waals surface area (Å²) >= 11 is 0. The van der Waals surface area contributed by atoms with Crippen molar-refractivity contribution in [3.8, 4) is 0 Å². The monoisotopic (exact) mass is 191 g/mol. The first-order valence-corrected chi connectivity index (χ1v) is 3.71. The molecule has 0 rings (SSSR count). The van der Waals surface area contributed by atoms with Crippen LogP contribution < -0.4 is 16.6 Å². The topological polar surface area (TPSA) is 125 Å². The van der Waals surface area contributed by atoms with E-state index in [2.05, 4.69) is 10.9 Å². The summed E-state index contributed by atoms with van der Waals surface area (Å²) in [6.07, 6.45) is -0.479. The van der Waals surface area contributed by atoms with Gasteiger partial charge >= 0.3 is 11.9 Å². The zero-order chi connectivity index (χ0) is 10.3. The number of hydrogen-bond donors (Lipinski definition) is 5. The van der Waals surface area contributed by atoms with E-state index in [0.29, 0.717) is 13.1 Å². The van der Waals surface area contributed by atoms with Crippen molar-refractivity contribution in [2.75, 3.05) is 13.1 Å². The first kappa shape index (κ1) is 11.8. The molecule has 0 aliphatic rings. The van der Waals surface area contributed by atoms with Gasteiger partial charge < -0.3 is 15.9 Å². The number of hydrogen-bond acceptors (Lipinski definition) is 5. The van der Waals surface area contributed by atoms with Crippen LogP contribution in [0, 0.1) is 0 Å². The van der Waals surface area contributed by atoms with Gasteiger partial charge in [-0.2, -0.15) is 0 Å². The van der Waals surface area contributed by atoms with Crippen LogP contribution in [0.15, 0.2) is 0 Å². The molecule has 6 N–H and O–H groups in total. The van der Waals surface area contributed by atoms with Crippen molar-refractivity contribution in [1.82, 2.24) is 10.9 Å². The molecule has 0 aromatic carbocycles. The highest BCUT2D eigenvalue weighted by Gasteiger charge is 2.19. The number of carboxylic acid groups (broad SMARTS) is 2. The largest absolute Gasteiger partial charge is 0.481 e. The third-order valence-electron chi connectivity index (χ3n) is 1.22. The van der Waals surface area contributed by atoms with E-state index >= 15 is 0 Å². The quantitative estimate of drug-likeness (QED) is 0.232. The van der Waals surface area contributed by atoms with Crippen molar-refractivity contribution in [3.05, 3.63) is 0 Å². The number of aliphatic carboxylic acids is 2. The summed E-state index contributed by atoms with van der Waals surface area (Å²) in [7, 11) is 0. The van der Waals surface area contributed by atoms with Crippen LogP contribution in [0.25, 0.3) is 0 Å². The van der Waals surface area contributed by atoms with Gasteiger partial charge in [-0.1, -0.05) is 0 Å². The van der Waals surface area contributed by atoms with Crippen LogP contribution >= 0.6 is 0 Å². The molecular formula is C6H13N3O4. The van der Waals surface area contributed by atoms with Crippen molar-refractivity contribution in [2.24, 2.45) is 5.73 Å².